The van der Waals surface area contributed by atoms with E-state index < -0.39 is 15.6 Å². The van der Waals surface area contributed by atoms with Crippen LogP contribution in [0.15, 0.2) is 53.4 Å². The predicted molar refractivity (Wildman–Crippen MR) is 85.0 cm³/mol. The minimum Gasteiger partial charge on any atom is -0.384 e. The summed E-state index contributed by atoms with van der Waals surface area (Å²) in [6.07, 6.45) is 1.29. The van der Waals surface area contributed by atoms with Gasteiger partial charge in [0.2, 0.25) is 10.0 Å². The smallest absolute Gasteiger partial charge is 0.240 e. The van der Waals surface area contributed by atoms with Gasteiger partial charge in [0.15, 0.2) is 0 Å². The van der Waals surface area contributed by atoms with Crippen LogP contribution in [0.4, 0.5) is 0 Å². The first kappa shape index (κ1) is 15.2. The molecular formula is C17H19NO3S. The third-order valence-corrected chi connectivity index (χ3v) is 5.63. The third-order valence-electron chi connectivity index (χ3n) is 4.21. The van der Waals surface area contributed by atoms with Gasteiger partial charge in [0.1, 0.15) is 5.60 Å². The van der Waals surface area contributed by atoms with Crippen LogP contribution in [0.1, 0.15) is 23.1 Å². The molecule has 0 bridgehead atoms. The minimum absolute atomic E-state index is 0.0137. The van der Waals surface area contributed by atoms with Crippen molar-refractivity contribution in [2.24, 2.45) is 0 Å². The molecule has 0 aromatic heterocycles. The van der Waals surface area contributed by atoms with E-state index in [9.17, 15) is 13.5 Å². The van der Waals surface area contributed by atoms with Gasteiger partial charge in [-0.3, -0.25) is 0 Å². The summed E-state index contributed by atoms with van der Waals surface area (Å²) in [7, 11) is -3.62. The van der Waals surface area contributed by atoms with E-state index in [1.807, 2.05) is 31.2 Å². The Bertz CT molecular complexity index is 784. The number of nitrogens with one attached hydrogen (secondary N) is 1. The van der Waals surface area contributed by atoms with Gasteiger partial charge < -0.3 is 5.11 Å². The molecule has 4 nitrogen and oxygen atoms in total. The zero-order valence-corrected chi connectivity index (χ0v) is 13.2. The van der Waals surface area contributed by atoms with Crippen molar-refractivity contribution < 1.29 is 13.5 Å². The van der Waals surface area contributed by atoms with E-state index in [2.05, 4.69) is 4.72 Å². The second-order valence-corrected chi connectivity index (χ2v) is 7.59. The van der Waals surface area contributed by atoms with Crippen molar-refractivity contribution in [1.29, 1.82) is 0 Å². The second-order valence-electron chi connectivity index (χ2n) is 5.83. The van der Waals surface area contributed by atoms with Gasteiger partial charge in [-0.2, -0.15) is 0 Å². The summed E-state index contributed by atoms with van der Waals surface area (Å²) in [5, 5.41) is 10.8. The summed E-state index contributed by atoms with van der Waals surface area (Å²) in [5.41, 5.74) is 1.78. The van der Waals surface area contributed by atoms with Crippen molar-refractivity contribution in [2.45, 2.75) is 30.3 Å². The first-order valence-electron chi connectivity index (χ1n) is 7.28. The molecule has 3 rings (SSSR count). The Morgan fingerprint density at radius 2 is 1.82 bits per heavy atom. The summed E-state index contributed by atoms with van der Waals surface area (Å²) in [6.45, 7) is 1.89. The molecule has 0 saturated heterocycles. The molecule has 5 heteroatoms. The number of rotatable bonds is 4. The average Bonchev–Trinajstić information content (AvgIpc) is 2.85. The molecule has 0 amide bonds. The molecule has 22 heavy (non-hydrogen) atoms. The summed E-state index contributed by atoms with van der Waals surface area (Å²) < 4.78 is 27.2. The average molecular weight is 317 g/mol. The summed E-state index contributed by atoms with van der Waals surface area (Å²) in [5.74, 6) is 0. The summed E-state index contributed by atoms with van der Waals surface area (Å²) >= 11 is 0. The lowest BCUT2D eigenvalue weighted by Gasteiger charge is -2.24. The lowest BCUT2D eigenvalue weighted by atomic mass is 9.96. The van der Waals surface area contributed by atoms with Gasteiger partial charge in [0.25, 0.3) is 0 Å². The number of aliphatic hydroxyl groups is 1. The number of fused-ring (bicyclic) bond motifs is 1. The lowest BCUT2D eigenvalue weighted by molar-refractivity contribution is 0.0442. The highest BCUT2D eigenvalue weighted by atomic mass is 32.2. The van der Waals surface area contributed by atoms with Gasteiger partial charge in [0.05, 0.1) is 4.90 Å². The molecule has 2 aromatic rings. The Hall–Kier alpha value is -1.69. The zero-order valence-electron chi connectivity index (χ0n) is 12.4. The fourth-order valence-corrected chi connectivity index (χ4v) is 3.96. The normalized spacial score (nSPS) is 20.8. The Labute approximate surface area is 130 Å². The van der Waals surface area contributed by atoms with Crippen LogP contribution in [0.5, 0.6) is 0 Å². The fourth-order valence-electron chi connectivity index (χ4n) is 2.87. The molecule has 0 spiro atoms. The first-order chi connectivity index (χ1) is 10.4. The Balaban J connectivity index is 1.79. The van der Waals surface area contributed by atoms with Crippen LogP contribution in [0.2, 0.25) is 0 Å². The van der Waals surface area contributed by atoms with Gasteiger partial charge >= 0.3 is 0 Å². The maximum absolute atomic E-state index is 12.3. The van der Waals surface area contributed by atoms with Crippen LogP contribution in [-0.4, -0.2) is 20.1 Å². The highest BCUT2D eigenvalue weighted by molar-refractivity contribution is 7.89. The Morgan fingerprint density at radius 3 is 2.55 bits per heavy atom. The number of benzene rings is 2. The van der Waals surface area contributed by atoms with Gasteiger partial charge in [0, 0.05) is 6.54 Å². The maximum atomic E-state index is 12.3. The van der Waals surface area contributed by atoms with E-state index in [4.69, 9.17) is 0 Å². The van der Waals surface area contributed by atoms with Crippen LogP contribution in [-0.2, 0) is 22.0 Å². The van der Waals surface area contributed by atoms with E-state index in [1.165, 1.54) is 0 Å². The summed E-state index contributed by atoms with van der Waals surface area (Å²) in [4.78, 5) is 0.216. The molecule has 0 radical (unpaired) electrons. The molecular weight excluding hydrogens is 298 g/mol. The van der Waals surface area contributed by atoms with Crippen LogP contribution >= 0.6 is 0 Å². The monoisotopic (exact) mass is 317 g/mol. The molecule has 116 valence electrons. The van der Waals surface area contributed by atoms with E-state index in [-0.39, 0.29) is 11.4 Å². The largest absolute Gasteiger partial charge is 0.384 e. The molecule has 0 saturated carbocycles. The molecule has 2 N–H and O–H groups in total. The van der Waals surface area contributed by atoms with Crippen molar-refractivity contribution >= 4 is 10.0 Å². The molecule has 1 unspecified atom stereocenters. The minimum atomic E-state index is -3.62. The first-order valence-corrected chi connectivity index (χ1v) is 8.76. The predicted octanol–water partition coefficient (Wildman–Crippen LogP) is 2.11. The highest BCUT2D eigenvalue weighted by Gasteiger charge is 2.37. The van der Waals surface area contributed by atoms with E-state index in [0.717, 1.165) is 23.1 Å². The van der Waals surface area contributed by atoms with E-state index in [1.54, 1.807) is 24.3 Å². The second kappa shape index (κ2) is 5.50. The van der Waals surface area contributed by atoms with Crippen molar-refractivity contribution in [2.75, 3.05) is 6.54 Å². The number of hydrogen-bond donors (Lipinski definition) is 2. The van der Waals surface area contributed by atoms with Gasteiger partial charge in [-0.1, -0.05) is 42.0 Å². The Kier molecular flexibility index (Phi) is 3.80. The van der Waals surface area contributed by atoms with Gasteiger partial charge in [-0.25, -0.2) is 13.1 Å². The number of aryl methyl sites for hydroxylation is 2. The van der Waals surface area contributed by atoms with Gasteiger partial charge in [-0.15, -0.1) is 0 Å². The van der Waals surface area contributed by atoms with Crippen molar-refractivity contribution in [1.82, 2.24) is 4.72 Å². The molecule has 1 aliphatic carbocycles. The van der Waals surface area contributed by atoms with E-state index >= 15 is 0 Å². The molecule has 0 aliphatic heterocycles. The molecule has 1 atom stereocenters. The van der Waals surface area contributed by atoms with Crippen LogP contribution < -0.4 is 4.72 Å². The standard InChI is InChI=1S/C17H19NO3S/c1-13-6-8-15(9-7-13)22(20,21)18-12-17(19)11-10-14-4-2-3-5-16(14)17/h2-9,18-19H,10-12H2,1H3. The molecule has 1 aliphatic rings. The summed E-state index contributed by atoms with van der Waals surface area (Å²) in [6, 6.07) is 14.3. The van der Waals surface area contributed by atoms with Crippen LogP contribution in [0.3, 0.4) is 0 Å². The molecule has 0 fully saturated rings. The topological polar surface area (TPSA) is 66.4 Å². The third kappa shape index (κ3) is 2.79. The van der Waals surface area contributed by atoms with Crippen LogP contribution in [0, 0.1) is 6.92 Å². The van der Waals surface area contributed by atoms with Crippen molar-refractivity contribution in [3.05, 3.63) is 65.2 Å². The van der Waals surface area contributed by atoms with Crippen LogP contribution in [0.25, 0.3) is 0 Å². The lowest BCUT2D eigenvalue weighted by Crippen LogP contribution is -2.39. The van der Waals surface area contributed by atoms with Gasteiger partial charge in [-0.05, 0) is 43.0 Å². The highest BCUT2D eigenvalue weighted by Crippen LogP contribution is 2.36. The van der Waals surface area contributed by atoms with Crippen molar-refractivity contribution in [3.63, 3.8) is 0 Å². The SMILES string of the molecule is Cc1ccc(S(=O)(=O)NCC2(O)CCc3ccccc32)cc1. The maximum Gasteiger partial charge on any atom is 0.240 e. The molecule has 0 heterocycles. The van der Waals surface area contributed by atoms with Crippen molar-refractivity contribution in [3.8, 4) is 0 Å². The quantitative estimate of drug-likeness (QED) is 0.907. The molecule has 2 aromatic carbocycles. The zero-order chi connectivity index (χ0) is 15.8. The fraction of sp³-hybridized carbons (Fsp3) is 0.294. The number of sulfonamides is 1. The number of hydrogen-bond acceptors (Lipinski definition) is 3. The van der Waals surface area contributed by atoms with E-state index in [0.29, 0.717) is 6.42 Å². The Morgan fingerprint density at radius 1 is 1.14 bits per heavy atom.